The maximum Gasteiger partial charge on any atom is 0.277 e. The van der Waals surface area contributed by atoms with E-state index in [1.807, 2.05) is 30.3 Å². The molecule has 4 nitrogen and oxygen atoms in total. The molecule has 0 bridgehead atoms. The van der Waals surface area contributed by atoms with Crippen molar-refractivity contribution in [2.24, 2.45) is 0 Å². The Bertz CT molecular complexity index is 835. The van der Waals surface area contributed by atoms with Crippen LogP contribution in [-0.4, -0.2) is 21.1 Å². The molecule has 0 aliphatic heterocycles. The average Bonchev–Trinajstić information content (AvgIpc) is 2.95. The van der Waals surface area contributed by atoms with Crippen molar-refractivity contribution in [2.45, 2.75) is 5.22 Å². The van der Waals surface area contributed by atoms with Gasteiger partial charge in [0.05, 0.1) is 5.56 Å². The van der Waals surface area contributed by atoms with E-state index < -0.39 is 0 Å². The Hall–Kier alpha value is -2.49. The van der Waals surface area contributed by atoms with Gasteiger partial charge in [-0.3, -0.25) is 0 Å². The summed E-state index contributed by atoms with van der Waals surface area (Å²) in [6.07, 6.45) is 1.78. The molecule has 0 fully saturated rings. The topological polar surface area (TPSA) is 59.2 Å². The molecule has 0 amide bonds. The molecule has 1 aromatic heterocycles. The van der Waals surface area contributed by atoms with E-state index >= 15 is 0 Å². The third kappa shape index (κ3) is 2.84. The molecule has 21 heavy (non-hydrogen) atoms. The maximum absolute atomic E-state index is 10.1. The van der Waals surface area contributed by atoms with E-state index in [4.69, 9.17) is 4.42 Å². The summed E-state index contributed by atoms with van der Waals surface area (Å²) in [5, 5.41) is 20.5. The van der Waals surface area contributed by atoms with Gasteiger partial charge in [-0.2, -0.15) is 0 Å². The van der Waals surface area contributed by atoms with Crippen LogP contribution in [0.2, 0.25) is 0 Å². The number of aromatic hydroxyl groups is 1. The molecule has 0 saturated carbocycles. The van der Waals surface area contributed by atoms with Gasteiger partial charge in [0.15, 0.2) is 0 Å². The summed E-state index contributed by atoms with van der Waals surface area (Å²) in [6.45, 7) is 3.49. The Morgan fingerprint density at radius 2 is 2.00 bits per heavy atom. The maximum atomic E-state index is 10.1. The number of phenolic OH excluding ortho intramolecular Hbond substituents is 1. The quantitative estimate of drug-likeness (QED) is 0.582. The van der Waals surface area contributed by atoms with Gasteiger partial charge in [0.2, 0.25) is 0 Å². The average molecular weight is 296 g/mol. The summed E-state index contributed by atoms with van der Waals surface area (Å²) >= 11 is 1.39. The second-order valence-corrected chi connectivity index (χ2v) is 5.28. The summed E-state index contributed by atoms with van der Waals surface area (Å²) in [6, 6.07) is 11.3. The Kier molecular flexibility index (Phi) is 3.77. The first-order valence-corrected chi connectivity index (χ1v) is 7.29. The normalized spacial score (nSPS) is 10.5. The summed E-state index contributed by atoms with van der Waals surface area (Å²) in [5.74, 6) is 1.10. The molecular formula is C16H12N2O2S. The van der Waals surface area contributed by atoms with Crippen LogP contribution in [0.4, 0.5) is 0 Å². The van der Waals surface area contributed by atoms with Gasteiger partial charge in [-0.05, 0) is 29.0 Å². The van der Waals surface area contributed by atoms with Crippen LogP contribution in [0.15, 0.2) is 64.4 Å². The van der Waals surface area contributed by atoms with Crippen LogP contribution in [0, 0.1) is 0 Å². The number of nitrogens with zero attached hydrogens (tertiary/aromatic N) is 2. The van der Waals surface area contributed by atoms with Crippen molar-refractivity contribution in [3.63, 3.8) is 0 Å². The molecule has 0 radical (unpaired) electrons. The van der Waals surface area contributed by atoms with Crippen LogP contribution in [0.5, 0.6) is 5.75 Å². The third-order valence-electron chi connectivity index (χ3n) is 2.94. The number of hydrogen-bond donors (Lipinski definition) is 1. The summed E-state index contributed by atoms with van der Waals surface area (Å²) in [5.41, 5.74) is 3.21. The van der Waals surface area contributed by atoms with Crippen LogP contribution in [0.1, 0.15) is 0 Å². The lowest BCUT2D eigenvalue weighted by atomic mass is 10.1. The van der Waals surface area contributed by atoms with Crippen LogP contribution in [0.25, 0.3) is 22.2 Å². The fraction of sp³-hybridized carbons (Fsp3) is 0.0625. The molecule has 0 aliphatic rings. The molecule has 0 atom stereocenters. The van der Waals surface area contributed by atoms with E-state index in [9.17, 15) is 5.11 Å². The zero-order valence-corrected chi connectivity index (χ0v) is 11.9. The molecule has 1 heterocycles. The van der Waals surface area contributed by atoms with Crippen molar-refractivity contribution in [3.05, 3.63) is 54.8 Å². The number of fused-ring (bicyclic) bond motifs is 1. The zero-order valence-electron chi connectivity index (χ0n) is 11.1. The highest BCUT2D eigenvalue weighted by molar-refractivity contribution is 7.99. The van der Waals surface area contributed by atoms with Crippen molar-refractivity contribution < 1.29 is 9.52 Å². The van der Waals surface area contributed by atoms with E-state index in [0.29, 0.717) is 22.4 Å². The SMILES string of the molecule is C=C=CCSc1nnc(-c2cc3ccccc3cc2O)o1. The van der Waals surface area contributed by atoms with Crippen molar-refractivity contribution >= 4 is 22.5 Å². The monoisotopic (exact) mass is 296 g/mol. The molecule has 0 saturated heterocycles. The standard InChI is InChI=1S/C16H12N2O2S/c1-2-3-8-21-16-18-17-15(20-16)13-9-11-6-4-5-7-12(11)10-14(13)19/h3-7,9-10,19H,1,8H2. The first-order valence-electron chi connectivity index (χ1n) is 6.30. The van der Waals surface area contributed by atoms with Gasteiger partial charge in [0.25, 0.3) is 11.1 Å². The molecule has 1 N–H and O–H groups in total. The van der Waals surface area contributed by atoms with Crippen molar-refractivity contribution in [2.75, 3.05) is 5.75 Å². The number of rotatable bonds is 4. The minimum atomic E-state index is 0.125. The van der Waals surface area contributed by atoms with Crippen molar-refractivity contribution in [1.82, 2.24) is 10.2 Å². The van der Waals surface area contributed by atoms with Gasteiger partial charge in [0, 0.05) is 5.75 Å². The number of thioether (sulfide) groups is 1. The molecule has 3 rings (SSSR count). The van der Waals surface area contributed by atoms with Gasteiger partial charge >= 0.3 is 0 Å². The fourth-order valence-corrected chi connectivity index (χ4v) is 2.53. The first kappa shape index (κ1) is 13.5. The van der Waals surface area contributed by atoms with Gasteiger partial charge < -0.3 is 9.52 Å². The Labute approximate surface area is 125 Å². The summed E-state index contributed by atoms with van der Waals surface area (Å²) in [7, 11) is 0. The number of benzene rings is 2. The summed E-state index contributed by atoms with van der Waals surface area (Å²) < 4.78 is 5.56. The molecular weight excluding hydrogens is 284 g/mol. The van der Waals surface area contributed by atoms with Gasteiger partial charge in [-0.25, -0.2) is 0 Å². The number of phenols is 1. The lowest BCUT2D eigenvalue weighted by Gasteiger charge is -2.03. The smallest absolute Gasteiger partial charge is 0.277 e. The minimum absolute atomic E-state index is 0.125. The van der Waals surface area contributed by atoms with E-state index in [1.165, 1.54) is 11.8 Å². The van der Waals surface area contributed by atoms with Crippen LogP contribution >= 0.6 is 11.8 Å². The van der Waals surface area contributed by atoms with E-state index in [1.54, 1.807) is 12.1 Å². The van der Waals surface area contributed by atoms with E-state index in [2.05, 4.69) is 22.5 Å². The predicted molar refractivity (Wildman–Crippen MR) is 83.3 cm³/mol. The first-order chi connectivity index (χ1) is 10.3. The van der Waals surface area contributed by atoms with Crippen LogP contribution in [0.3, 0.4) is 0 Å². The van der Waals surface area contributed by atoms with Crippen LogP contribution in [-0.2, 0) is 0 Å². The van der Waals surface area contributed by atoms with Crippen LogP contribution < -0.4 is 0 Å². The lowest BCUT2D eigenvalue weighted by Crippen LogP contribution is -1.81. The molecule has 0 aliphatic carbocycles. The van der Waals surface area contributed by atoms with Gasteiger partial charge in [0.1, 0.15) is 5.75 Å². The molecule has 3 aromatic rings. The summed E-state index contributed by atoms with van der Waals surface area (Å²) in [4.78, 5) is 0. The van der Waals surface area contributed by atoms with E-state index in [-0.39, 0.29) is 5.75 Å². The van der Waals surface area contributed by atoms with Crippen molar-refractivity contribution in [3.8, 4) is 17.2 Å². The Morgan fingerprint density at radius 1 is 1.24 bits per heavy atom. The molecule has 0 spiro atoms. The number of aromatic nitrogens is 2. The van der Waals surface area contributed by atoms with Gasteiger partial charge in [-0.15, -0.1) is 15.9 Å². The minimum Gasteiger partial charge on any atom is -0.507 e. The molecule has 2 aromatic carbocycles. The Morgan fingerprint density at radius 3 is 2.76 bits per heavy atom. The van der Waals surface area contributed by atoms with E-state index in [0.717, 1.165) is 10.8 Å². The highest BCUT2D eigenvalue weighted by atomic mass is 32.2. The molecule has 0 unspecified atom stereocenters. The van der Waals surface area contributed by atoms with Crippen molar-refractivity contribution in [1.29, 1.82) is 0 Å². The molecule has 104 valence electrons. The highest BCUT2D eigenvalue weighted by Gasteiger charge is 2.13. The largest absolute Gasteiger partial charge is 0.507 e. The molecule has 5 heteroatoms. The zero-order chi connectivity index (χ0) is 14.7. The second kappa shape index (κ2) is 5.87. The second-order valence-electron chi connectivity index (χ2n) is 4.31. The number of hydrogen-bond acceptors (Lipinski definition) is 5. The predicted octanol–water partition coefficient (Wildman–Crippen LogP) is 4.03. The third-order valence-corrected chi connectivity index (χ3v) is 3.68. The van der Waals surface area contributed by atoms with Gasteiger partial charge in [-0.1, -0.05) is 42.6 Å². The fourth-order valence-electron chi connectivity index (χ4n) is 1.95. The lowest BCUT2D eigenvalue weighted by molar-refractivity contribution is 0.453. The Balaban J connectivity index is 1.96. The highest BCUT2D eigenvalue weighted by Crippen LogP contribution is 2.33.